The van der Waals surface area contributed by atoms with Gasteiger partial charge in [-0.25, -0.2) is 9.97 Å². The monoisotopic (exact) mass is 390 g/mol. The van der Waals surface area contributed by atoms with Crippen LogP contribution in [0.4, 0.5) is 17.2 Å². The van der Waals surface area contributed by atoms with Crippen LogP contribution < -0.4 is 10.6 Å². The number of carbonyl (C=O) groups excluding carboxylic acids is 1. The zero-order valence-corrected chi connectivity index (χ0v) is 13.0. The second-order valence-electron chi connectivity index (χ2n) is 4.35. The average Bonchev–Trinajstić information content (AvgIpc) is 2.48. The minimum absolute atomic E-state index is 0.650. The number of fused-ring (bicyclic) bond motifs is 1. The molecule has 2 N–H and O–H groups in total. The van der Waals surface area contributed by atoms with Crippen LogP contribution in [0.25, 0.3) is 10.9 Å². The van der Waals surface area contributed by atoms with Crippen LogP contribution in [-0.4, -0.2) is 16.4 Å². The van der Waals surface area contributed by atoms with E-state index in [0.29, 0.717) is 17.9 Å². The third kappa shape index (κ3) is 3.10. The van der Waals surface area contributed by atoms with Gasteiger partial charge in [0.25, 0.3) is 0 Å². The number of amides is 1. The van der Waals surface area contributed by atoms with E-state index in [1.54, 1.807) is 6.07 Å². The van der Waals surface area contributed by atoms with Crippen LogP contribution >= 0.6 is 22.6 Å². The molecule has 6 heteroatoms. The second-order valence-corrected chi connectivity index (χ2v) is 5.60. The first-order valence-corrected chi connectivity index (χ1v) is 7.32. The molecule has 1 heterocycles. The third-order valence-corrected chi connectivity index (χ3v) is 3.62. The highest BCUT2D eigenvalue weighted by Gasteiger charge is 2.05. The number of nitrogens with one attached hydrogen (secondary N) is 2. The zero-order chi connectivity index (χ0) is 14.7. The number of benzene rings is 2. The first kappa shape index (κ1) is 13.7. The quantitative estimate of drug-likeness (QED) is 0.528. The van der Waals surface area contributed by atoms with Gasteiger partial charge < -0.3 is 10.6 Å². The van der Waals surface area contributed by atoms with Gasteiger partial charge >= 0.3 is 0 Å². The number of anilines is 3. The normalized spacial score (nSPS) is 10.3. The summed E-state index contributed by atoms with van der Waals surface area (Å²) >= 11 is 2.26. The Morgan fingerprint density at radius 3 is 2.76 bits per heavy atom. The topological polar surface area (TPSA) is 66.9 Å². The predicted molar refractivity (Wildman–Crippen MR) is 91.7 cm³/mol. The highest BCUT2D eigenvalue weighted by Crippen LogP contribution is 2.26. The Labute approximate surface area is 134 Å². The van der Waals surface area contributed by atoms with Crippen molar-refractivity contribution in [1.82, 2.24) is 9.97 Å². The predicted octanol–water partition coefficient (Wildman–Crippen LogP) is 3.55. The fraction of sp³-hybridized carbons (Fsp3) is 0. The maximum absolute atomic E-state index is 10.6. The summed E-state index contributed by atoms with van der Waals surface area (Å²) in [6.07, 6.45) is 2.17. The highest BCUT2D eigenvalue weighted by molar-refractivity contribution is 14.1. The molecule has 0 aliphatic heterocycles. The fourth-order valence-corrected chi connectivity index (χ4v) is 2.56. The molecule has 0 saturated heterocycles. The van der Waals surface area contributed by atoms with Gasteiger partial charge in [0.05, 0.1) is 5.52 Å². The molecular formula is C15H11IN4O. The molecule has 1 amide bonds. The smallest absolute Gasteiger partial charge is 0.211 e. The van der Waals surface area contributed by atoms with Gasteiger partial charge in [-0.1, -0.05) is 6.07 Å². The van der Waals surface area contributed by atoms with Crippen LogP contribution in [0.15, 0.2) is 48.8 Å². The SMILES string of the molecule is O=CNc1ccc2ncnc(Nc3cccc(I)c3)c2c1. The number of halogens is 1. The zero-order valence-electron chi connectivity index (χ0n) is 10.9. The van der Waals surface area contributed by atoms with Crippen molar-refractivity contribution in [1.29, 1.82) is 0 Å². The standard InChI is InChI=1S/C15H11IN4O/c16-10-2-1-3-12(6-10)20-15-13-7-11(19-9-21)4-5-14(13)17-8-18-15/h1-9H,(H,19,21)(H,17,18,20). The summed E-state index contributed by atoms with van der Waals surface area (Å²) in [6, 6.07) is 13.5. The van der Waals surface area contributed by atoms with E-state index in [1.807, 2.05) is 36.4 Å². The number of hydrogen-bond donors (Lipinski definition) is 2. The average molecular weight is 390 g/mol. The van der Waals surface area contributed by atoms with Crippen LogP contribution in [-0.2, 0) is 4.79 Å². The lowest BCUT2D eigenvalue weighted by Gasteiger charge is -2.09. The summed E-state index contributed by atoms with van der Waals surface area (Å²) in [6.45, 7) is 0. The van der Waals surface area contributed by atoms with E-state index < -0.39 is 0 Å². The van der Waals surface area contributed by atoms with Gasteiger partial charge in [0.15, 0.2) is 0 Å². The van der Waals surface area contributed by atoms with Crippen LogP contribution in [0.1, 0.15) is 0 Å². The van der Waals surface area contributed by atoms with Crippen molar-refractivity contribution in [2.75, 3.05) is 10.6 Å². The summed E-state index contributed by atoms with van der Waals surface area (Å²) in [4.78, 5) is 19.1. The fourth-order valence-electron chi connectivity index (χ4n) is 2.02. The Morgan fingerprint density at radius 1 is 1.05 bits per heavy atom. The van der Waals surface area contributed by atoms with Gasteiger partial charge in [-0.2, -0.15) is 0 Å². The summed E-state index contributed by atoms with van der Waals surface area (Å²) in [5.41, 5.74) is 2.48. The molecule has 21 heavy (non-hydrogen) atoms. The molecule has 1 aromatic heterocycles. The molecule has 0 radical (unpaired) electrons. The first-order valence-electron chi connectivity index (χ1n) is 6.24. The van der Waals surface area contributed by atoms with Crippen molar-refractivity contribution in [3.63, 3.8) is 0 Å². The minimum atomic E-state index is 0.650. The summed E-state index contributed by atoms with van der Waals surface area (Å²) in [5.74, 6) is 0.705. The first-order chi connectivity index (χ1) is 10.3. The lowest BCUT2D eigenvalue weighted by molar-refractivity contribution is -0.105. The molecule has 0 fully saturated rings. The summed E-state index contributed by atoms with van der Waals surface area (Å²) in [5, 5.41) is 6.77. The number of carbonyl (C=O) groups is 1. The molecule has 0 bridgehead atoms. The summed E-state index contributed by atoms with van der Waals surface area (Å²) in [7, 11) is 0. The second kappa shape index (κ2) is 6.04. The van der Waals surface area contributed by atoms with Gasteiger partial charge in [-0.05, 0) is 59.0 Å². The minimum Gasteiger partial charge on any atom is -0.340 e. The molecule has 3 rings (SSSR count). The summed E-state index contributed by atoms with van der Waals surface area (Å²) < 4.78 is 1.14. The lowest BCUT2D eigenvalue weighted by atomic mass is 10.2. The Balaban J connectivity index is 2.04. The van der Waals surface area contributed by atoms with E-state index in [9.17, 15) is 4.79 Å². The number of nitrogens with zero attached hydrogens (tertiary/aromatic N) is 2. The van der Waals surface area contributed by atoms with Crippen molar-refractivity contribution < 1.29 is 4.79 Å². The van der Waals surface area contributed by atoms with E-state index in [-0.39, 0.29) is 0 Å². The van der Waals surface area contributed by atoms with Crippen molar-refractivity contribution in [2.24, 2.45) is 0 Å². The molecule has 0 spiro atoms. The molecule has 2 aromatic carbocycles. The van der Waals surface area contributed by atoms with Gasteiger partial charge in [0.2, 0.25) is 6.41 Å². The molecule has 104 valence electrons. The van der Waals surface area contributed by atoms with Crippen molar-refractivity contribution in [3.8, 4) is 0 Å². The van der Waals surface area contributed by atoms with Crippen LogP contribution in [0.2, 0.25) is 0 Å². The Morgan fingerprint density at radius 2 is 1.95 bits per heavy atom. The molecule has 0 atom stereocenters. The van der Waals surface area contributed by atoms with Crippen molar-refractivity contribution in [2.45, 2.75) is 0 Å². The van der Waals surface area contributed by atoms with Crippen LogP contribution in [0, 0.1) is 3.57 Å². The van der Waals surface area contributed by atoms with E-state index in [4.69, 9.17) is 0 Å². The van der Waals surface area contributed by atoms with E-state index in [0.717, 1.165) is 20.2 Å². The lowest BCUT2D eigenvalue weighted by Crippen LogP contribution is -1.98. The van der Waals surface area contributed by atoms with E-state index in [1.165, 1.54) is 6.33 Å². The Hall–Kier alpha value is -2.22. The maximum Gasteiger partial charge on any atom is 0.211 e. The number of rotatable bonds is 4. The molecule has 0 saturated carbocycles. The van der Waals surface area contributed by atoms with Crippen molar-refractivity contribution in [3.05, 3.63) is 52.4 Å². The van der Waals surface area contributed by atoms with E-state index >= 15 is 0 Å². The molecule has 0 aliphatic carbocycles. The molecular weight excluding hydrogens is 379 g/mol. The van der Waals surface area contributed by atoms with Crippen LogP contribution in [0.3, 0.4) is 0 Å². The highest BCUT2D eigenvalue weighted by atomic mass is 127. The van der Waals surface area contributed by atoms with Crippen LogP contribution in [0.5, 0.6) is 0 Å². The van der Waals surface area contributed by atoms with Gasteiger partial charge in [0, 0.05) is 20.3 Å². The number of hydrogen-bond acceptors (Lipinski definition) is 4. The van der Waals surface area contributed by atoms with Gasteiger partial charge in [-0.3, -0.25) is 4.79 Å². The molecule has 0 unspecified atom stereocenters. The Bertz CT molecular complexity index is 807. The van der Waals surface area contributed by atoms with Crippen molar-refractivity contribution >= 4 is 57.1 Å². The largest absolute Gasteiger partial charge is 0.340 e. The van der Waals surface area contributed by atoms with E-state index in [2.05, 4.69) is 43.2 Å². The maximum atomic E-state index is 10.6. The third-order valence-electron chi connectivity index (χ3n) is 2.95. The van der Waals surface area contributed by atoms with Gasteiger partial charge in [0.1, 0.15) is 12.1 Å². The molecule has 5 nitrogen and oxygen atoms in total. The number of aromatic nitrogens is 2. The van der Waals surface area contributed by atoms with Gasteiger partial charge in [-0.15, -0.1) is 0 Å². The molecule has 3 aromatic rings. The Kier molecular flexibility index (Phi) is 3.96. The molecule has 0 aliphatic rings.